The Morgan fingerprint density at radius 1 is 0.710 bits per heavy atom. The molecule has 4 nitrogen and oxygen atoms in total. The number of carbonyl (C=O) groups is 1. The van der Waals surface area contributed by atoms with Gasteiger partial charge < -0.3 is 10.2 Å². The standard InChI is InChI=1S/C27H27NO3/c29-19-26(27(30)31)28(17-15-22-11-5-9-20-7-1-3-13-24(20)22)18-16-23-12-6-10-21-8-2-4-14-25(21)23/h1-14,26,29H,15-19H2,(H,30,31). The Bertz CT molecular complexity index is 1090. The number of aliphatic carboxylic acids is 1. The van der Waals surface area contributed by atoms with Gasteiger partial charge in [0.05, 0.1) is 6.61 Å². The molecule has 0 aliphatic carbocycles. The summed E-state index contributed by atoms with van der Waals surface area (Å²) in [5.74, 6) is -0.988. The van der Waals surface area contributed by atoms with E-state index in [4.69, 9.17) is 0 Å². The van der Waals surface area contributed by atoms with Crippen LogP contribution < -0.4 is 0 Å². The summed E-state index contributed by atoms with van der Waals surface area (Å²) in [4.78, 5) is 13.7. The van der Waals surface area contributed by atoms with E-state index >= 15 is 0 Å². The van der Waals surface area contributed by atoms with Crippen LogP contribution in [-0.2, 0) is 17.6 Å². The molecule has 1 atom stereocenters. The fraction of sp³-hybridized carbons (Fsp3) is 0.222. The van der Waals surface area contributed by atoms with Crippen LogP contribution in [0.15, 0.2) is 84.9 Å². The van der Waals surface area contributed by atoms with Crippen LogP contribution in [0.5, 0.6) is 0 Å². The third kappa shape index (κ3) is 4.76. The molecule has 0 radical (unpaired) electrons. The molecular formula is C27H27NO3. The average molecular weight is 414 g/mol. The number of carboxylic acid groups (broad SMARTS) is 1. The number of carboxylic acids is 1. The zero-order valence-electron chi connectivity index (χ0n) is 17.4. The Morgan fingerprint density at radius 2 is 1.16 bits per heavy atom. The van der Waals surface area contributed by atoms with Crippen LogP contribution in [0.2, 0.25) is 0 Å². The largest absolute Gasteiger partial charge is 0.480 e. The van der Waals surface area contributed by atoms with Gasteiger partial charge in [-0.3, -0.25) is 9.69 Å². The summed E-state index contributed by atoms with van der Waals surface area (Å²) in [6.07, 6.45) is 1.45. The van der Waals surface area contributed by atoms with Crippen molar-refractivity contribution in [3.8, 4) is 0 Å². The lowest BCUT2D eigenvalue weighted by Crippen LogP contribution is -2.45. The third-order valence-electron chi connectivity index (χ3n) is 6.00. The SMILES string of the molecule is O=C(O)C(CO)N(CCc1cccc2ccccc12)CCc1cccc2ccccc12. The number of aliphatic hydroxyl groups excluding tert-OH is 1. The normalized spacial score (nSPS) is 12.5. The molecule has 0 aliphatic rings. The fourth-order valence-electron chi connectivity index (χ4n) is 4.32. The highest BCUT2D eigenvalue weighted by Crippen LogP contribution is 2.21. The smallest absolute Gasteiger partial charge is 0.323 e. The highest BCUT2D eigenvalue weighted by atomic mass is 16.4. The van der Waals surface area contributed by atoms with Crippen LogP contribution in [0.4, 0.5) is 0 Å². The van der Waals surface area contributed by atoms with Gasteiger partial charge in [0.25, 0.3) is 0 Å². The maximum absolute atomic E-state index is 11.8. The molecule has 4 rings (SSSR count). The number of hydrogen-bond acceptors (Lipinski definition) is 3. The molecule has 4 aromatic carbocycles. The van der Waals surface area contributed by atoms with Gasteiger partial charge in [-0.05, 0) is 45.5 Å². The van der Waals surface area contributed by atoms with Crippen LogP contribution in [0.1, 0.15) is 11.1 Å². The first kappa shape index (κ1) is 21.0. The molecule has 1 unspecified atom stereocenters. The average Bonchev–Trinajstić information content (AvgIpc) is 2.80. The van der Waals surface area contributed by atoms with Crippen molar-refractivity contribution in [3.05, 3.63) is 96.1 Å². The molecule has 0 heterocycles. The number of fused-ring (bicyclic) bond motifs is 2. The molecule has 4 aromatic rings. The summed E-state index contributed by atoms with van der Waals surface area (Å²) in [6.45, 7) is 0.729. The second-order valence-corrected chi connectivity index (χ2v) is 7.85. The van der Waals surface area contributed by atoms with Crippen LogP contribution in [-0.4, -0.2) is 46.8 Å². The summed E-state index contributed by atoms with van der Waals surface area (Å²) in [6, 6.07) is 28.0. The predicted molar refractivity (Wildman–Crippen MR) is 125 cm³/mol. The molecule has 4 heteroatoms. The molecule has 0 bridgehead atoms. The van der Waals surface area contributed by atoms with E-state index in [9.17, 15) is 15.0 Å². The van der Waals surface area contributed by atoms with Crippen molar-refractivity contribution in [1.29, 1.82) is 0 Å². The van der Waals surface area contributed by atoms with Gasteiger partial charge in [-0.15, -0.1) is 0 Å². The summed E-state index contributed by atoms with van der Waals surface area (Å²) in [5, 5.41) is 24.2. The molecule has 2 N–H and O–H groups in total. The van der Waals surface area contributed by atoms with E-state index in [1.54, 1.807) is 0 Å². The van der Waals surface area contributed by atoms with E-state index in [0.717, 1.165) is 12.8 Å². The predicted octanol–water partition coefficient (Wildman–Crippen LogP) is 4.53. The van der Waals surface area contributed by atoms with Gasteiger partial charge in [0, 0.05) is 13.1 Å². The first-order chi connectivity index (χ1) is 15.2. The Balaban J connectivity index is 1.55. The minimum absolute atomic E-state index is 0.402. The minimum atomic E-state index is -0.988. The van der Waals surface area contributed by atoms with E-state index < -0.39 is 18.6 Å². The lowest BCUT2D eigenvalue weighted by molar-refractivity contribution is -0.144. The summed E-state index contributed by atoms with van der Waals surface area (Å²) < 4.78 is 0. The molecule has 0 spiro atoms. The molecule has 158 valence electrons. The second kappa shape index (κ2) is 9.73. The van der Waals surface area contributed by atoms with Crippen LogP contribution in [0.25, 0.3) is 21.5 Å². The Morgan fingerprint density at radius 3 is 1.61 bits per heavy atom. The third-order valence-corrected chi connectivity index (χ3v) is 6.00. The number of rotatable bonds is 9. The van der Waals surface area contributed by atoms with Gasteiger partial charge in [-0.2, -0.15) is 0 Å². The van der Waals surface area contributed by atoms with Crippen molar-refractivity contribution in [1.82, 2.24) is 4.90 Å². The van der Waals surface area contributed by atoms with Crippen LogP contribution >= 0.6 is 0 Å². The highest BCUT2D eigenvalue weighted by molar-refractivity contribution is 5.86. The first-order valence-electron chi connectivity index (χ1n) is 10.7. The number of nitrogens with zero attached hydrogens (tertiary/aromatic N) is 1. The maximum atomic E-state index is 11.8. The highest BCUT2D eigenvalue weighted by Gasteiger charge is 2.24. The topological polar surface area (TPSA) is 60.8 Å². The van der Waals surface area contributed by atoms with Crippen molar-refractivity contribution in [2.45, 2.75) is 18.9 Å². The zero-order chi connectivity index (χ0) is 21.6. The van der Waals surface area contributed by atoms with Crippen molar-refractivity contribution in [2.24, 2.45) is 0 Å². The van der Waals surface area contributed by atoms with Crippen molar-refractivity contribution < 1.29 is 15.0 Å². The van der Waals surface area contributed by atoms with Gasteiger partial charge >= 0.3 is 5.97 Å². The second-order valence-electron chi connectivity index (χ2n) is 7.85. The van der Waals surface area contributed by atoms with E-state index in [1.807, 2.05) is 41.3 Å². The van der Waals surface area contributed by atoms with Crippen molar-refractivity contribution >= 4 is 27.5 Å². The van der Waals surface area contributed by atoms with E-state index in [2.05, 4.69) is 48.5 Å². The first-order valence-corrected chi connectivity index (χ1v) is 10.7. The fourth-order valence-corrected chi connectivity index (χ4v) is 4.32. The minimum Gasteiger partial charge on any atom is -0.480 e. The molecule has 31 heavy (non-hydrogen) atoms. The van der Waals surface area contributed by atoms with Gasteiger partial charge in [0.1, 0.15) is 6.04 Å². The molecule has 0 aromatic heterocycles. The Labute approximate surface area is 182 Å². The number of hydrogen-bond donors (Lipinski definition) is 2. The lowest BCUT2D eigenvalue weighted by Gasteiger charge is -2.28. The van der Waals surface area contributed by atoms with Gasteiger partial charge in [0.15, 0.2) is 0 Å². The molecular weight excluding hydrogens is 386 g/mol. The van der Waals surface area contributed by atoms with Gasteiger partial charge in [-0.25, -0.2) is 0 Å². The lowest BCUT2D eigenvalue weighted by atomic mass is 10.0. The van der Waals surface area contributed by atoms with Crippen molar-refractivity contribution in [3.63, 3.8) is 0 Å². The molecule has 0 saturated heterocycles. The van der Waals surface area contributed by atoms with Crippen molar-refractivity contribution in [2.75, 3.05) is 19.7 Å². The quantitative estimate of drug-likeness (QED) is 0.423. The molecule has 0 amide bonds. The maximum Gasteiger partial charge on any atom is 0.323 e. The molecule has 0 fully saturated rings. The van der Waals surface area contributed by atoms with E-state index in [1.165, 1.54) is 32.7 Å². The zero-order valence-corrected chi connectivity index (χ0v) is 17.4. The summed E-state index contributed by atoms with van der Waals surface area (Å²) >= 11 is 0. The number of aliphatic hydroxyl groups is 1. The van der Waals surface area contributed by atoms with E-state index in [-0.39, 0.29) is 0 Å². The molecule has 0 aliphatic heterocycles. The Hall–Kier alpha value is -3.21. The van der Waals surface area contributed by atoms with Crippen LogP contribution in [0.3, 0.4) is 0 Å². The van der Waals surface area contributed by atoms with Gasteiger partial charge in [-0.1, -0.05) is 84.9 Å². The molecule has 0 saturated carbocycles. The van der Waals surface area contributed by atoms with Crippen LogP contribution in [0, 0.1) is 0 Å². The van der Waals surface area contributed by atoms with Gasteiger partial charge in [0.2, 0.25) is 0 Å². The van der Waals surface area contributed by atoms with E-state index in [0.29, 0.717) is 13.1 Å². The summed E-state index contributed by atoms with van der Waals surface area (Å²) in [7, 11) is 0. The number of benzene rings is 4. The summed E-state index contributed by atoms with van der Waals surface area (Å²) in [5.41, 5.74) is 2.38. The Kier molecular flexibility index (Phi) is 6.60. The monoisotopic (exact) mass is 413 g/mol.